The molecule has 0 aromatic heterocycles. The third-order valence-corrected chi connectivity index (χ3v) is 6.45. The lowest BCUT2D eigenvalue weighted by atomic mass is 9.85. The first-order valence-corrected chi connectivity index (χ1v) is 8.39. The second-order valence-corrected chi connectivity index (χ2v) is 8.23. The molecule has 0 bridgehead atoms. The molecule has 1 saturated heterocycles. The van der Waals surface area contributed by atoms with Crippen LogP contribution in [0.1, 0.15) is 19.4 Å². The number of aliphatic hydroxyl groups is 1. The molecule has 1 aromatic carbocycles. The lowest BCUT2D eigenvalue weighted by molar-refractivity contribution is -0.0932. The van der Waals surface area contributed by atoms with Gasteiger partial charge in [0.05, 0.1) is 10.5 Å². The van der Waals surface area contributed by atoms with E-state index in [0.717, 1.165) is 5.56 Å². The van der Waals surface area contributed by atoms with Crippen LogP contribution in [0.25, 0.3) is 0 Å². The molecular weight excluding hydrogens is 330 g/mol. The summed E-state index contributed by atoms with van der Waals surface area (Å²) in [5, 5.41) is 10.2. The fourth-order valence-corrected chi connectivity index (χ4v) is 4.77. The van der Waals surface area contributed by atoms with E-state index < -0.39 is 15.6 Å². The summed E-state index contributed by atoms with van der Waals surface area (Å²) in [7, 11) is -3.53. The van der Waals surface area contributed by atoms with E-state index in [-0.39, 0.29) is 23.9 Å². The van der Waals surface area contributed by atoms with Crippen LogP contribution in [0.2, 0.25) is 0 Å². The number of nitrogens with zero attached hydrogens (tertiary/aromatic N) is 1. The minimum absolute atomic E-state index is 0.0420. The van der Waals surface area contributed by atoms with Crippen molar-refractivity contribution in [3.63, 3.8) is 0 Å². The van der Waals surface area contributed by atoms with E-state index in [9.17, 15) is 13.5 Å². The quantitative estimate of drug-likeness (QED) is 0.911. The van der Waals surface area contributed by atoms with Gasteiger partial charge in [-0.3, -0.25) is 0 Å². The molecule has 1 fully saturated rings. The molecule has 0 spiro atoms. The van der Waals surface area contributed by atoms with Gasteiger partial charge in [0.1, 0.15) is 0 Å². The second kappa shape index (κ2) is 4.84. The molecular formula is C13H18BrNO3S. The molecule has 1 aromatic rings. The molecule has 2 rings (SSSR count). The van der Waals surface area contributed by atoms with E-state index in [1.165, 1.54) is 4.31 Å². The second-order valence-electron chi connectivity index (χ2n) is 5.47. The normalized spacial score (nSPS) is 19.5. The Morgan fingerprint density at radius 2 is 1.95 bits per heavy atom. The molecule has 0 radical (unpaired) electrons. The van der Waals surface area contributed by atoms with Crippen LogP contribution in [0, 0.1) is 12.8 Å². The maximum atomic E-state index is 12.4. The highest BCUT2D eigenvalue weighted by Crippen LogP contribution is 2.35. The van der Waals surface area contributed by atoms with Gasteiger partial charge in [-0.05, 0) is 46.5 Å². The maximum absolute atomic E-state index is 12.4. The van der Waals surface area contributed by atoms with E-state index in [1.807, 2.05) is 20.8 Å². The Hall–Kier alpha value is -0.430. The summed E-state index contributed by atoms with van der Waals surface area (Å²) >= 11 is 3.29. The summed E-state index contributed by atoms with van der Waals surface area (Å²) < 4.78 is 26.8. The van der Waals surface area contributed by atoms with Crippen LogP contribution in [0.3, 0.4) is 0 Å². The number of β-amino-alcohol motifs (C(OH)–C–C–N with tert-alkyl or cyclic N) is 1. The highest BCUT2D eigenvalue weighted by Gasteiger charge is 2.49. The summed E-state index contributed by atoms with van der Waals surface area (Å²) in [6.45, 7) is 6.01. The van der Waals surface area contributed by atoms with Crippen molar-refractivity contribution in [2.45, 2.75) is 31.3 Å². The first kappa shape index (κ1) is 15.0. The van der Waals surface area contributed by atoms with Crippen LogP contribution >= 0.6 is 15.9 Å². The van der Waals surface area contributed by atoms with Gasteiger partial charge in [0.25, 0.3) is 0 Å². The predicted molar refractivity (Wildman–Crippen MR) is 77.4 cm³/mol. The molecule has 1 aliphatic rings. The monoisotopic (exact) mass is 347 g/mol. The first-order valence-electron chi connectivity index (χ1n) is 6.15. The fraction of sp³-hybridized carbons (Fsp3) is 0.538. The molecule has 4 nitrogen and oxygen atoms in total. The molecule has 106 valence electrons. The van der Waals surface area contributed by atoms with Crippen LogP contribution in [-0.2, 0) is 10.0 Å². The maximum Gasteiger partial charge on any atom is 0.244 e. The third kappa shape index (κ3) is 2.59. The topological polar surface area (TPSA) is 57.6 Å². The summed E-state index contributed by atoms with van der Waals surface area (Å²) in [5.74, 6) is 0.0420. The number of halogens is 1. The highest BCUT2D eigenvalue weighted by atomic mass is 79.9. The van der Waals surface area contributed by atoms with Gasteiger partial charge in [0, 0.05) is 17.6 Å². The highest BCUT2D eigenvalue weighted by molar-refractivity contribution is 9.10. The van der Waals surface area contributed by atoms with Gasteiger partial charge in [-0.15, -0.1) is 0 Å². The number of rotatable bonds is 3. The smallest absolute Gasteiger partial charge is 0.244 e. The summed E-state index contributed by atoms with van der Waals surface area (Å²) in [4.78, 5) is 0.254. The number of sulfonamides is 1. The summed E-state index contributed by atoms with van der Waals surface area (Å²) in [6.07, 6.45) is 0. The Morgan fingerprint density at radius 1 is 1.37 bits per heavy atom. The van der Waals surface area contributed by atoms with Crippen molar-refractivity contribution in [1.29, 1.82) is 0 Å². The van der Waals surface area contributed by atoms with Crippen molar-refractivity contribution < 1.29 is 13.5 Å². The SMILES string of the molecule is Cc1ccc(S(=O)(=O)N2CC(O)(C(C)C)C2)c(Br)c1. The molecule has 0 aliphatic carbocycles. The van der Waals surface area contributed by atoms with E-state index in [4.69, 9.17) is 0 Å². The zero-order valence-electron chi connectivity index (χ0n) is 11.2. The van der Waals surface area contributed by atoms with Gasteiger partial charge in [-0.2, -0.15) is 4.31 Å². The van der Waals surface area contributed by atoms with Gasteiger partial charge >= 0.3 is 0 Å². The Bertz CT molecular complexity index is 592. The third-order valence-electron chi connectivity index (χ3n) is 3.68. The zero-order valence-corrected chi connectivity index (χ0v) is 13.6. The molecule has 0 saturated carbocycles. The van der Waals surface area contributed by atoms with Gasteiger partial charge in [0.2, 0.25) is 10.0 Å². The van der Waals surface area contributed by atoms with Crippen molar-refractivity contribution in [1.82, 2.24) is 4.31 Å². The minimum atomic E-state index is -3.53. The first-order chi connectivity index (χ1) is 8.67. The average Bonchev–Trinajstić information content (AvgIpc) is 2.23. The molecule has 6 heteroatoms. The Morgan fingerprint density at radius 3 is 2.42 bits per heavy atom. The van der Waals surface area contributed by atoms with Crippen molar-refractivity contribution >= 4 is 26.0 Å². The van der Waals surface area contributed by atoms with Crippen LogP contribution in [0.4, 0.5) is 0 Å². The van der Waals surface area contributed by atoms with Crippen LogP contribution in [-0.4, -0.2) is 36.5 Å². The van der Waals surface area contributed by atoms with Crippen molar-refractivity contribution in [3.8, 4) is 0 Å². The Kier molecular flexibility index (Phi) is 3.81. The van der Waals surface area contributed by atoms with Crippen molar-refractivity contribution in [3.05, 3.63) is 28.2 Å². The predicted octanol–water partition coefficient (Wildman–Crippen LogP) is 2.15. The Balaban J connectivity index is 2.26. The summed E-state index contributed by atoms with van der Waals surface area (Å²) in [5.41, 5.74) is 0.0951. The number of aryl methyl sites for hydroxylation is 1. The van der Waals surface area contributed by atoms with Crippen molar-refractivity contribution in [2.75, 3.05) is 13.1 Å². The van der Waals surface area contributed by atoms with Gasteiger partial charge in [0.15, 0.2) is 0 Å². The zero-order chi connectivity index (χ0) is 14.4. The lowest BCUT2D eigenvalue weighted by Crippen LogP contribution is -2.65. The number of benzene rings is 1. The molecule has 19 heavy (non-hydrogen) atoms. The van der Waals surface area contributed by atoms with Crippen molar-refractivity contribution in [2.24, 2.45) is 5.92 Å². The molecule has 0 amide bonds. The van der Waals surface area contributed by atoms with Gasteiger partial charge < -0.3 is 5.11 Å². The average molecular weight is 348 g/mol. The van der Waals surface area contributed by atoms with Crippen LogP contribution in [0.5, 0.6) is 0 Å². The fourth-order valence-electron chi connectivity index (χ4n) is 2.05. The van der Waals surface area contributed by atoms with Gasteiger partial charge in [-0.1, -0.05) is 19.9 Å². The van der Waals surface area contributed by atoms with E-state index >= 15 is 0 Å². The standard InChI is InChI=1S/C13H18BrNO3S/c1-9(2)13(16)7-15(8-13)19(17,18)12-5-4-10(3)6-11(12)14/h4-6,9,16H,7-8H2,1-3H3. The molecule has 0 unspecified atom stereocenters. The molecule has 0 atom stereocenters. The van der Waals surface area contributed by atoms with E-state index in [0.29, 0.717) is 4.47 Å². The van der Waals surface area contributed by atoms with Gasteiger partial charge in [-0.25, -0.2) is 8.42 Å². The molecule has 1 aliphatic heterocycles. The van der Waals surface area contributed by atoms with Crippen LogP contribution in [0.15, 0.2) is 27.6 Å². The molecule has 1 N–H and O–H groups in total. The number of hydrogen-bond donors (Lipinski definition) is 1. The minimum Gasteiger partial charge on any atom is -0.387 e. The van der Waals surface area contributed by atoms with E-state index in [2.05, 4.69) is 15.9 Å². The molecule has 1 heterocycles. The lowest BCUT2D eigenvalue weighted by Gasteiger charge is -2.47. The van der Waals surface area contributed by atoms with E-state index in [1.54, 1.807) is 18.2 Å². The Labute approximate surface area is 122 Å². The summed E-state index contributed by atoms with van der Waals surface area (Å²) in [6, 6.07) is 5.15. The van der Waals surface area contributed by atoms with Crippen LogP contribution < -0.4 is 0 Å². The number of hydrogen-bond acceptors (Lipinski definition) is 3. The largest absolute Gasteiger partial charge is 0.387 e.